The fourth-order valence-corrected chi connectivity index (χ4v) is 2.90. The Morgan fingerprint density at radius 1 is 1.41 bits per heavy atom. The van der Waals surface area contributed by atoms with Gasteiger partial charge in [0.1, 0.15) is 6.10 Å². The number of aryl methyl sites for hydroxylation is 1. The second-order valence-electron chi connectivity index (χ2n) is 4.57. The summed E-state index contributed by atoms with van der Waals surface area (Å²) in [5, 5.41) is 9.20. The summed E-state index contributed by atoms with van der Waals surface area (Å²) < 4.78 is 5.78. The summed E-state index contributed by atoms with van der Waals surface area (Å²) in [6, 6.07) is 8.16. The minimum absolute atomic E-state index is 0.0175. The molecule has 1 amide bonds. The van der Waals surface area contributed by atoms with E-state index in [2.05, 4.69) is 12.1 Å². The van der Waals surface area contributed by atoms with Gasteiger partial charge in [-0.25, -0.2) is 4.79 Å². The monoisotopic (exact) mass is 233 g/mol. The molecule has 0 bridgehead atoms. The highest BCUT2D eigenvalue weighted by Crippen LogP contribution is 2.37. The van der Waals surface area contributed by atoms with Crippen molar-refractivity contribution in [3.8, 4) is 0 Å². The molecule has 2 aliphatic rings. The number of hydrogen-bond acceptors (Lipinski definition) is 2. The molecule has 17 heavy (non-hydrogen) atoms. The van der Waals surface area contributed by atoms with Crippen molar-refractivity contribution in [2.24, 2.45) is 0 Å². The van der Waals surface area contributed by atoms with E-state index in [1.165, 1.54) is 10.5 Å². The van der Waals surface area contributed by atoms with E-state index in [0.717, 1.165) is 18.4 Å². The van der Waals surface area contributed by atoms with E-state index in [4.69, 9.17) is 4.74 Å². The van der Waals surface area contributed by atoms with E-state index in [1.54, 1.807) is 0 Å². The van der Waals surface area contributed by atoms with Gasteiger partial charge in [-0.05, 0) is 24.0 Å². The van der Waals surface area contributed by atoms with Gasteiger partial charge >= 0.3 is 6.09 Å². The van der Waals surface area contributed by atoms with Crippen LogP contribution in [0.3, 0.4) is 0 Å². The van der Waals surface area contributed by atoms with Gasteiger partial charge in [-0.15, -0.1) is 0 Å². The molecule has 0 aromatic heterocycles. The molecule has 0 spiro atoms. The SMILES string of the molecule is O=C(O)N1CCO[C@H]2c3ccccc3CC[C@H]21. The van der Waals surface area contributed by atoms with Crippen molar-refractivity contribution >= 4 is 6.09 Å². The molecule has 1 aliphatic heterocycles. The zero-order chi connectivity index (χ0) is 11.8. The molecular weight excluding hydrogens is 218 g/mol. The maximum absolute atomic E-state index is 11.2. The molecule has 1 saturated heterocycles. The molecular formula is C13H15NO3. The standard InChI is InChI=1S/C13H15NO3/c15-13(16)14-7-8-17-12-10-4-2-1-3-9(10)5-6-11(12)14/h1-4,11-12H,5-8H2,(H,15,16)/t11-,12+/m1/s1. The number of fused-ring (bicyclic) bond motifs is 3. The minimum Gasteiger partial charge on any atom is -0.465 e. The second-order valence-corrected chi connectivity index (χ2v) is 4.57. The Morgan fingerprint density at radius 3 is 3.06 bits per heavy atom. The van der Waals surface area contributed by atoms with Gasteiger partial charge in [-0.1, -0.05) is 24.3 Å². The average Bonchev–Trinajstić information content (AvgIpc) is 2.37. The lowest BCUT2D eigenvalue weighted by molar-refractivity contribution is -0.0698. The Balaban J connectivity index is 1.96. The highest BCUT2D eigenvalue weighted by molar-refractivity contribution is 5.66. The van der Waals surface area contributed by atoms with Gasteiger partial charge in [0.25, 0.3) is 0 Å². The molecule has 1 aromatic carbocycles. The van der Waals surface area contributed by atoms with Gasteiger partial charge in [-0.2, -0.15) is 0 Å². The number of rotatable bonds is 0. The molecule has 0 radical (unpaired) electrons. The topological polar surface area (TPSA) is 49.8 Å². The smallest absolute Gasteiger partial charge is 0.407 e. The summed E-state index contributed by atoms with van der Waals surface area (Å²) in [7, 11) is 0. The van der Waals surface area contributed by atoms with Crippen molar-refractivity contribution in [1.29, 1.82) is 0 Å². The summed E-state index contributed by atoms with van der Waals surface area (Å²) in [5.41, 5.74) is 2.45. The van der Waals surface area contributed by atoms with Crippen LogP contribution in [0.5, 0.6) is 0 Å². The lowest BCUT2D eigenvalue weighted by Gasteiger charge is -2.43. The van der Waals surface area contributed by atoms with Crippen molar-refractivity contribution in [3.63, 3.8) is 0 Å². The minimum atomic E-state index is -0.831. The first-order valence-corrected chi connectivity index (χ1v) is 5.96. The molecule has 4 nitrogen and oxygen atoms in total. The Labute approximate surface area is 99.8 Å². The van der Waals surface area contributed by atoms with Crippen LogP contribution >= 0.6 is 0 Å². The predicted octanol–water partition coefficient (Wildman–Crippen LogP) is 2.05. The number of carboxylic acid groups (broad SMARTS) is 1. The van der Waals surface area contributed by atoms with Gasteiger partial charge in [0.2, 0.25) is 0 Å². The van der Waals surface area contributed by atoms with Crippen LogP contribution in [-0.2, 0) is 11.2 Å². The molecule has 1 aliphatic carbocycles. The maximum atomic E-state index is 11.2. The first-order valence-electron chi connectivity index (χ1n) is 5.96. The summed E-state index contributed by atoms with van der Waals surface area (Å²) in [5.74, 6) is 0. The van der Waals surface area contributed by atoms with Gasteiger partial charge in [0, 0.05) is 6.54 Å². The van der Waals surface area contributed by atoms with Crippen LogP contribution in [0, 0.1) is 0 Å². The van der Waals surface area contributed by atoms with Crippen molar-refractivity contribution in [1.82, 2.24) is 4.90 Å². The highest BCUT2D eigenvalue weighted by Gasteiger charge is 2.39. The summed E-state index contributed by atoms with van der Waals surface area (Å²) >= 11 is 0. The number of morpholine rings is 1. The summed E-state index contributed by atoms with van der Waals surface area (Å²) in [6.07, 6.45) is 0.880. The third-order valence-electron chi connectivity index (χ3n) is 3.70. The number of carbonyl (C=O) groups is 1. The first kappa shape index (κ1) is 10.6. The lowest BCUT2D eigenvalue weighted by atomic mass is 9.84. The summed E-state index contributed by atoms with van der Waals surface area (Å²) in [4.78, 5) is 12.7. The van der Waals surface area contributed by atoms with E-state index >= 15 is 0 Å². The molecule has 2 atom stereocenters. The van der Waals surface area contributed by atoms with Gasteiger partial charge < -0.3 is 14.7 Å². The highest BCUT2D eigenvalue weighted by atomic mass is 16.5. The Bertz CT molecular complexity index is 446. The van der Waals surface area contributed by atoms with E-state index < -0.39 is 6.09 Å². The largest absolute Gasteiger partial charge is 0.465 e. The lowest BCUT2D eigenvalue weighted by Crippen LogP contribution is -2.51. The van der Waals surface area contributed by atoms with Crippen LogP contribution in [0.1, 0.15) is 23.7 Å². The van der Waals surface area contributed by atoms with E-state index in [0.29, 0.717) is 13.2 Å². The number of hydrogen-bond donors (Lipinski definition) is 1. The molecule has 1 heterocycles. The second kappa shape index (κ2) is 4.04. The first-order chi connectivity index (χ1) is 8.27. The molecule has 90 valence electrons. The normalized spacial score (nSPS) is 27.2. The molecule has 1 N–H and O–H groups in total. The summed E-state index contributed by atoms with van der Waals surface area (Å²) in [6.45, 7) is 0.973. The molecule has 3 rings (SSSR count). The number of benzene rings is 1. The Morgan fingerprint density at radius 2 is 2.24 bits per heavy atom. The van der Waals surface area contributed by atoms with Crippen LogP contribution in [0.15, 0.2) is 24.3 Å². The van der Waals surface area contributed by atoms with Crippen LogP contribution < -0.4 is 0 Å². The molecule has 1 fully saturated rings. The third kappa shape index (κ3) is 1.69. The fraction of sp³-hybridized carbons (Fsp3) is 0.462. The fourth-order valence-electron chi connectivity index (χ4n) is 2.90. The van der Waals surface area contributed by atoms with Crippen molar-refractivity contribution in [3.05, 3.63) is 35.4 Å². The van der Waals surface area contributed by atoms with Crippen LogP contribution in [0.4, 0.5) is 4.79 Å². The van der Waals surface area contributed by atoms with Crippen molar-refractivity contribution in [2.75, 3.05) is 13.2 Å². The Hall–Kier alpha value is -1.55. The van der Waals surface area contributed by atoms with E-state index in [1.807, 2.05) is 12.1 Å². The average molecular weight is 233 g/mol. The van der Waals surface area contributed by atoms with Gasteiger partial charge in [0.15, 0.2) is 0 Å². The van der Waals surface area contributed by atoms with Gasteiger partial charge in [-0.3, -0.25) is 0 Å². The van der Waals surface area contributed by atoms with E-state index in [9.17, 15) is 9.90 Å². The van der Waals surface area contributed by atoms with Crippen molar-refractivity contribution < 1.29 is 14.6 Å². The van der Waals surface area contributed by atoms with Crippen LogP contribution in [-0.4, -0.2) is 35.3 Å². The third-order valence-corrected chi connectivity index (χ3v) is 3.70. The number of nitrogens with zero attached hydrogens (tertiary/aromatic N) is 1. The van der Waals surface area contributed by atoms with Crippen molar-refractivity contribution in [2.45, 2.75) is 25.0 Å². The zero-order valence-corrected chi connectivity index (χ0v) is 9.50. The Kier molecular flexibility index (Phi) is 2.52. The molecule has 4 heteroatoms. The quantitative estimate of drug-likeness (QED) is 0.746. The molecule has 0 saturated carbocycles. The predicted molar refractivity (Wildman–Crippen MR) is 62.0 cm³/mol. The molecule has 1 aromatic rings. The number of ether oxygens (including phenoxy) is 1. The number of amides is 1. The van der Waals surface area contributed by atoms with E-state index in [-0.39, 0.29) is 12.1 Å². The van der Waals surface area contributed by atoms with Crippen LogP contribution in [0.2, 0.25) is 0 Å². The van der Waals surface area contributed by atoms with Crippen LogP contribution in [0.25, 0.3) is 0 Å². The molecule has 0 unspecified atom stereocenters. The zero-order valence-electron chi connectivity index (χ0n) is 9.50. The van der Waals surface area contributed by atoms with Gasteiger partial charge in [0.05, 0.1) is 12.6 Å². The maximum Gasteiger partial charge on any atom is 0.407 e.